The summed E-state index contributed by atoms with van der Waals surface area (Å²) in [6.07, 6.45) is -0.861. The summed E-state index contributed by atoms with van der Waals surface area (Å²) in [5.41, 5.74) is 0. The lowest BCUT2D eigenvalue weighted by Crippen LogP contribution is -2.33. The Balaban J connectivity index is 4.17. The van der Waals surface area contributed by atoms with Crippen LogP contribution in [0.3, 0.4) is 0 Å². The van der Waals surface area contributed by atoms with Crippen molar-refractivity contribution in [3.8, 4) is 0 Å². The van der Waals surface area contributed by atoms with Gasteiger partial charge in [0.05, 0.1) is 6.61 Å². The number of ether oxygens (including phenoxy) is 1. The first-order valence-electron chi connectivity index (χ1n) is 4.44. The van der Waals surface area contributed by atoms with E-state index in [1.54, 1.807) is 6.92 Å². The summed E-state index contributed by atoms with van der Waals surface area (Å²) in [5.74, 6) is 0. The van der Waals surface area contributed by atoms with Gasteiger partial charge in [0, 0.05) is 6.66 Å². The second-order valence-electron chi connectivity index (χ2n) is 3.00. The summed E-state index contributed by atoms with van der Waals surface area (Å²) in [5, 5.41) is 2.27. The fourth-order valence-corrected chi connectivity index (χ4v) is 2.41. The molecule has 1 N–H and O–H groups in total. The molecule has 0 rings (SSSR count). The van der Waals surface area contributed by atoms with Gasteiger partial charge in [-0.15, -0.1) is 0 Å². The average molecular weight is 391 g/mol. The normalized spacial score (nSPS) is 17.1. The number of amides is 1. The SMILES string of the molecule is CCOP(C)(=O)C(Br)NC(=O)OCC(Cl)(Cl)Cl. The Bertz CT molecular complexity index is 312. The van der Waals surface area contributed by atoms with Crippen molar-refractivity contribution in [3.05, 3.63) is 0 Å². The minimum Gasteiger partial charge on any atom is -0.445 e. The topological polar surface area (TPSA) is 64.6 Å². The van der Waals surface area contributed by atoms with E-state index in [9.17, 15) is 9.36 Å². The third-order valence-corrected chi connectivity index (χ3v) is 5.91. The number of nitrogens with one attached hydrogen (secondary N) is 1. The highest BCUT2D eigenvalue weighted by Gasteiger charge is 2.29. The van der Waals surface area contributed by atoms with Crippen molar-refractivity contribution in [2.24, 2.45) is 0 Å². The Hall–Kier alpha value is 0.810. The second-order valence-corrected chi connectivity index (χ2v) is 9.73. The molecule has 0 bridgehead atoms. The van der Waals surface area contributed by atoms with E-state index in [1.807, 2.05) is 0 Å². The molecule has 10 heteroatoms. The zero-order chi connectivity index (χ0) is 13.7. The van der Waals surface area contributed by atoms with Gasteiger partial charge in [0.25, 0.3) is 0 Å². The van der Waals surface area contributed by atoms with Crippen LogP contribution >= 0.6 is 58.1 Å². The van der Waals surface area contributed by atoms with Gasteiger partial charge in [0.15, 0.2) is 4.69 Å². The highest BCUT2D eigenvalue weighted by atomic mass is 79.9. The summed E-state index contributed by atoms with van der Waals surface area (Å²) in [6.45, 7) is 2.93. The number of carbonyl (C=O) groups is 1. The number of alkyl carbamates (subject to hydrolysis) is 1. The van der Waals surface area contributed by atoms with E-state index in [4.69, 9.17) is 39.3 Å². The Morgan fingerprint density at radius 2 is 2.06 bits per heavy atom. The molecule has 0 aliphatic carbocycles. The van der Waals surface area contributed by atoms with Crippen molar-refractivity contribution in [2.75, 3.05) is 19.9 Å². The third-order valence-electron chi connectivity index (χ3n) is 1.40. The maximum Gasteiger partial charge on any atom is 0.408 e. The van der Waals surface area contributed by atoms with E-state index in [0.717, 1.165) is 0 Å². The van der Waals surface area contributed by atoms with Crippen LogP contribution in [-0.2, 0) is 13.8 Å². The lowest BCUT2D eigenvalue weighted by Gasteiger charge is -2.20. The molecule has 0 aliphatic heterocycles. The van der Waals surface area contributed by atoms with Gasteiger partial charge in [0.2, 0.25) is 11.2 Å². The van der Waals surface area contributed by atoms with Crippen LogP contribution in [0.1, 0.15) is 6.92 Å². The second kappa shape index (κ2) is 7.41. The fourth-order valence-electron chi connectivity index (χ4n) is 0.725. The van der Waals surface area contributed by atoms with Crippen LogP contribution in [0.2, 0.25) is 0 Å². The van der Waals surface area contributed by atoms with Crippen LogP contribution in [-0.4, -0.2) is 34.5 Å². The number of alkyl halides is 4. The van der Waals surface area contributed by atoms with Gasteiger partial charge in [0.1, 0.15) is 6.61 Å². The summed E-state index contributed by atoms with van der Waals surface area (Å²) in [4.78, 5) is 11.2. The van der Waals surface area contributed by atoms with E-state index in [2.05, 4.69) is 26.0 Å². The molecule has 2 atom stereocenters. The third kappa shape index (κ3) is 8.51. The molecule has 0 aromatic rings. The summed E-state index contributed by atoms with van der Waals surface area (Å²) >= 11 is 19.2. The summed E-state index contributed by atoms with van der Waals surface area (Å²) < 4.78 is 18.9. The fraction of sp³-hybridized carbons (Fsp3) is 0.857. The molecule has 1 amide bonds. The van der Waals surface area contributed by atoms with E-state index in [1.165, 1.54) is 6.66 Å². The van der Waals surface area contributed by atoms with Crippen molar-refractivity contribution in [1.82, 2.24) is 5.32 Å². The van der Waals surface area contributed by atoms with Crippen LogP contribution in [0.25, 0.3) is 0 Å². The van der Waals surface area contributed by atoms with Gasteiger partial charge >= 0.3 is 6.09 Å². The van der Waals surface area contributed by atoms with Crippen LogP contribution in [0.5, 0.6) is 0 Å². The van der Waals surface area contributed by atoms with Gasteiger partial charge in [-0.3, -0.25) is 9.88 Å². The van der Waals surface area contributed by atoms with Crippen LogP contribution in [0, 0.1) is 0 Å². The highest BCUT2D eigenvalue weighted by molar-refractivity contribution is 9.10. The number of carbonyl (C=O) groups excluding carboxylic acids is 1. The van der Waals surface area contributed by atoms with Crippen LogP contribution in [0.15, 0.2) is 0 Å². The van der Waals surface area contributed by atoms with Gasteiger partial charge in [-0.25, -0.2) is 4.79 Å². The van der Waals surface area contributed by atoms with Gasteiger partial charge < -0.3 is 9.26 Å². The van der Waals surface area contributed by atoms with Crippen LogP contribution in [0.4, 0.5) is 4.79 Å². The first kappa shape index (κ1) is 17.8. The molecule has 0 saturated heterocycles. The Labute approximate surface area is 123 Å². The van der Waals surface area contributed by atoms with Gasteiger partial charge in [-0.05, 0) is 6.92 Å². The standard InChI is InChI=1S/C7H12BrCl3NO4P/c1-3-16-17(2,14)5(8)12-6(13)15-4-7(9,10)11/h5H,3-4H2,1-2H3,(H,12,13). The Morgan fingerprint density at radius 1 is 1.53 bits per heavy atom. The molecule has 0 fully saturated rings. The molecule has 0 aliphatic rings. The van der Waals surface area contributed by atoms with Crippen molar-refractivity contribution < 1.29 is 18.6 Å². The maximum atomic E-state index is 11.8. The molecule has 0 aromatic carbocycles. The minimum absolute atomic E-state index is 0.265. The van der Waals surface area contributed by atoms with Crippen molar-refractivity contribution >= 4 is 64.2 Å². The van der Waals surface area contributed by atoms with Crippen LogP contribution < -0.4 is 5.32 Å². The maximum absolute atomic E-state index is 11.8. The van der Waals surface area contributed by atoms with Gasteiger partial charge in [-0.2, -0.15) is 0 Å². The molecule has 5 nitrogen and oxygen atoms in total. The first-order chi connectivity index (χ1) is 7.58. The zero-order valence-electron chi connectivity index (χ0n) is 9.08. The van der Waals surface area contributed by atoms with Crippen molar-refractivity contribution in [2.45, 2.75) is 15.4 Å². The lowest BCUT2D eigenvalue weighted by molar-refractivity contribution is 0.149. The molecular formula is C7H12BrCl3NO4P. The Morgan fingerprint density at radius 3 is 2.47 bits per heavy atom. The zero-order valence-corrected chi connectivity index (χ0v) is 13.8. The lowest BCUT2D eigenvalue weighted by atomic mass is 10.8. The highest BCUT2D eigenvalue weighted by Crippen LogP contribution is 2.49. The number of halogens is 4. The smallest absolute Gasteiger partial charge is 0.408 e. The monoisotopic (exact) mass is 389 g/mol. The average Bonchev–Trinajstić information content (AvgIpc) is 2.13. The molecule has 0 heterocycles. The predicted molar refractivity (Wildman–Crippen MR) is 72.6 cm³/mol. The molecule has 102 valence electrons. The van der Waals surface area contributed by atoms with Crippen molar-refractivity contribution in [3.63, 3.8) is 0 Å². The molecular weight excluding hydrogens is 379 g/mol. The van der Waals surface area contributed by atoms with E-state index >= 15 is 0 Å². The van der Waals surface area contributed by atoms with Gasteiger partial charge in [-0.1, -0.05) is 50.7 Å². The molecule has 2 unspecified atom stereocenters. The number of rotatable bonds is 5. The summed E-state index contributed by atoms with van der Waals surface area (Å²) in [6, 6.07) is 0. The molecule has 0 spiro atoms. The predicted octanol–water partition coefficient (Wildman–Crippen LogP) is 3.71. The Kier molecular flexibility index (Phi) is 7.76. The molecule has 17 heavy (non-hydrogen) atoms. The van der Waals surface area contributed by atoms with E-state index in [-0.39, 0.29) is 6.61 Å². The quantitative estimate of drug-likeness (QED) is 0.441. The van der Waals surface area contributed by atoms with E-state index < -0.39 is 28.6 Å². The number of hydrogen-bond donors (Lipinski definition) is 1. The largest absolute Gasteiger partial charge is 0.445 e. The first-order valence-corrected chi connectivity index (χ1v) is 8.63. The molecule has 0 aromatic heterocycles. The minimum atomic E-state index is -3.00. The molecule has 0 radical (unpaired) electrons. The summed E-state index contributed by atoms with van der Waals surface area (Å²) in [7, 11) is -3.00. The van der Waals surface area contributed by atoms with Crippen molar-refractivity contribution in [1.29, 1.82) is 0 Å². The molecule has 0 saturated carbocycles. The van der Waals surface area contributed by atoms with E-state index in [0.29, 0.717) is 0 Å². The number of hydrogen-bond acceptors (Lipinski definition) is 4.